The van der Waals surface area contributed by atoms with E-state index in [1.807, 2.05) is 6.92 Å². The van der Waals surface area contributed by atoms with Crippen LogP contribution >= 0.6 is 11.3 Å². The molecule has 1 fully saturated rings. The lowest BCUT2D eigenvalue weighted by Crippen LogP contribution is -2.35. The molecule has 0 aromatic carbocycles. The molecule has 1 aliphatic carbocycles. The summed E-state index contributed by atoms with van der Waals surface area (Å²) < 4.78 is 45.1. The number of thiazole rings is 1. The second kappa shape index (κ2) is 15.6. The average Bonchev–Trinajstić information content (AvgIpc) is 3.71. The highest BCUT2D eigenvalue weighted by Gasteiger charge is 2.24. The van der Waals surface area contributed by atoms with E-state index in [1.165, 1.54) is 30.9 Å². The first-order valence-corrected chi connectivity index (χ1v) is 15.6. The minimum absolute atomic E-state index is 0.0149. The number of rotatable bonds is 12. The first kappa shape index (κ1) is 34.3. The molecule has 246 valence electrons. The van der Waals surface area contributed by atoms with Crippen molar-refractivity contribution in [1.82, 2.24) is 30.4 Å². The molecule has 1 amide bonds. The highest BCUT2D eigenvalue weighted by atomic mass is 32.1. The summed E-state index contributed by atoms with van der Waals surface area (Å²) in [6.07, 6.45) is 5.43. The Hall–Kier alpha value is -4.57. The maximum absolute atomic E-state index is 14.5. The smallest absolute Gasteiger partial charge is 0.425 e. The summed E-state index contributed by atoms with van der Waals surface area (Å²) in [7, 11) is 0. The van der Waals surface area contributed by atoms with Crippen LogP contribution in [0.3, 0.4) is 0 Å². The Morgan fingerprint density at radius 1 is 1.13 bits per heavy atom. The van der Waals surface area contributed by atoms with Crippen LogP contribution in [0.5, 0.6) is 0 Å². The number of carbonyl (C=O) groups is 3. The van der Waals surface area contributed by atoms with Crippen molar-refractivity contribution in [2.24, 2.45) is 5.92 Å². The van der Waals surface area contributed by atoms with Gasteiger partial charge >= 0.3 is 12.1 Å². The van der Waals surface area contributed by atoms with Crippen LogP contribution in [0.2, 0.25) is 0 Å². The van der Waals surface area contributed by atoms with Gasteiger partial charge in [0.05, 0.1) is 23.9 Å². The van der Waals surface area contributed by atoms with Crippen LogP contribution in [-0.4, -0.2) is 68.5 Å². The molecule has 1 unspecified atom stereocenters. The van der Waals surface area contributed by atoms with Gasteiger partial charge in [-0.1, -0.05) is 13.8 Å². The lowest BCUT2D eigenvalue weighted by Gasteiger charge is -2.28. The molecule has 0 saturated heterocycles. The molecule has 3 aromatic heterocycles. The van der Waals surface area contributed by atoms with E-state index in [0.29, 0.717) is 17.2 Å². The number of esters is 1. The molecule has 0 radical (unpaired) electrons. The Balaban J connectivity index is 1.46. The SMILES string of the molecule is CCO[C@H]1CC[C@H](N/C=C(/NC(=O)c2csc(-c3cnn(C(=O)OC(C)OC(=O)C(C)C)c3)n2)C(=N)c2nc(F)ccc2F)CC1. The number of halogens is 2. The molecule has 13 nitrogen and oxygen atoms in total. The fourth-order valence-electron chi connectivity index (χ4n) is 4.47. The Morgan fingerprint density at radius 2 is 1.87 bits per heavy atom. The number of pyridine rings is 1. The van der Waals surface area contributed by atoms with Crippen LogP contribution in [-0.2, 0) is 19.0 Å². The third-order valence-corrected chi connectivity index (χ3v) is 7.77. The van der Waals surface area contributed by atoms with Gasteiger partial charge in [-0.25, -0.2) is 19.2 Å². The van der Waals surface area contributed by atoms with Gasteiger partial charge in [0.2, 0.25) is 12.2 Å². The molecule has 3 heterocycles. The van der Waals surface area contributed by atoms with Crippen LogP contribution in [0.25, 0.3) is 10.6 Å². The molecule has 1 aliphatic rings. The van der Waals surface area contributed by atoms with E-state index in [2.05, 4.69) is 25.7 Å². The van der Waals surface area contributed by atoms with E-state index < -0.39 is 53.3 Å². The number of aromatic nitrogens is 4. The van der Waals surface area contributed by atoms with E-state index in [0.717, 1.165) is 53.8 Å². The highest BCUT2D eigenvalue weighted by molar-refractivity contribution is 7.13. The molecular weight excluding hydrogens is 624 g/mol. The minimum Gasteiger partial charge on any atom is -0.425 e. The molecule has 1 atom stereocenters. The quantitative estimate of drug-likeness (QED) is 0.106. The van der Waals surface area contributed by atoms with E-state index in [9.17, 15) is 23.2 Å². The Bertz CT molecular complexity index is 1600. The van der Waals surface area contributed by atoms with E-state index in [1.54, 1.807) is 13.8 Å². The molecule has 0 bridgehead atoms. The molecule has 0 aliphatic heterocycles. The van der Waals surface area contributed by atoms with E-state index >= 15 is 0 Å². The molecule has 16 heteroatoms. The first-order chi connectivity index (χ1) is 21.9. The maximum atomic E-state index is 14.5. The summed E-state index contributed by atoms with van der Waals surface area (Å²) >= 11 is 1.09. The van der Waals surface area contributed by atoms with Crippen LogP contribution in [0.4, 0.5) is 13.6 Å². The Kier molecular flexibility index (Phi) is 11.7. The van der Waals surface area contributed by atoms with Gasteiger partial charge in [-0.15, -0.1) is 11.3 Å². The first-order valence-electron chi connectivity index (χ1n) is 14.7. The van der Waals surface area contributed by atoms with Crippen molar-refractivity contribution in [3.63, 3.8) is 0 Å². The molecular formula is C30H35F2N7O6S. The van der Waals surface area contributed by atoms with Crippen molar-refractivity contribution >= 4 is 35.0 Å². The summed E-state index contributed by atoms with van der Waals surface area (Å²) in [6.45, 7) is 7.27. The monoisotopic (exact) mass is 659 g/mol. The van der Waals surface area contributed by atoms with Gasteiger partial charge in [0.1, 0.15) is 22.1 Å². The maximum Gasteiger partial charge on any atom is 0.437 e. The van der Waals surface area contributed by atoms with Gasteiger partial charge in [-0.05, 0) is 44.7 Å². The van der Waals surface area contributed by atoms with Crippen molar-refractivity contribution in [2.75, 3.05) is 6.61 Å². The third kappa shape index (κ3) is 9.00. The summed E-state index contributed by atoms with van der Waals surface area (Å²) in [5.74, 6) is -3.55. The number of carbonyl (C=O) groups excluding carboxylic acids is 3. The van der Waals surface area contributed by atoms with E-state index in [4.69, 9.17) is 19.6 Å². The van der Waals surface area contributed by atoms with Crippen molar-refractivity contribution in [1.29, 1.82) is 5.41 Å². The number of allylic oxidation sites excluding steroid dienone is 1. The second-order valence-corrected chi connectivity index (χ2v) is 11.6. The number of amides is 1. The van der Waals surface area contributed by atoms with Crippen molar-refractivity contribution in [2.45, 2.75) is 71.8 Å². The van der Waals surface area contributed by atoms with Gasteiger partial charge in [0.25, 0.3) is 5.91 Å². The fraction of sp³-hybridized carbons (Fsp3) is 0.433. The fourth-order valence-corrected chi connectivity index (χ4v) is 5.25. The van der Waals surface area contributed by atoms with Crippen molar-refractivity contribution < 1.29 is 37.4 Å². The largest absolute Gasteiger partial charge is 0.437 e. The predicted molar refractivity (Wildman–Crippen MR) is 163 cm³/mol. The second-order valence-electron chi connectivity index (χ2n) is 10.7. The molecule has 3 aromatic rings. The van der Waals surface area contributed by atoms with Gasteiger partial charge < -0.3 is 24.8 Å². The normalized spacial score (nSPS) is 17.3. The minimum atomic E-state index is -1.14. The number of hydrogen-bond acceptors (Lipinski definition) is 12. The van der Waals surface area contributed by atoms with E-state index in [-0.39, 0.29) is 23.5 Å². The number of hydrogen-bond donors (Lipinski definition) is 3. The standard InChI is InChI=1S/C30H35F2N7O6S/c1-5-43-20-8-6-19(7-9-20)34-13-22(25(33)26-21(31)10-11-24(32)38-26)36-27(40)23-15-46-28(37-23)18-12-35-39(14-18)30(42)45-17(4)44-29(41)16(2)3/h10-17,19-20,33-34H,5-9H2,1-4H3,(H,36,40)/b22-13+,33-25?/t17?,19-,20-. The number of ether oxygens (including phenoxy) is 3. The number of nitrogens with zero attached hydrogens (tertiary/aromatic N) is 4. The van der Waals surface area contributed by atoms with Gasteiger partial charge in [-0.3, -0.25) is 15.0 Å². The average molecular weight is 660 g/mol. The zero-order valence-electron chi connectivity index (χ0n) is 25.7. The molecule has 1 saturated carbocycles. The molecule has 3 N–H and O–H groups in total. The summed E-state index contributed by atoms with van der Waals surface area (Å²) in [5, 5.41) is 20.1. The number of nitrogens with one attached hydrogen (secondary N) is 3. The van der Waals surface area contributed by atoms with Crippen molar-refractivity contribution in [3.8, 4) is 10.6 Å². The summed E-state index contributed by atoms with van der Waals surface area (Å²) in [4.78, 5) is 45.3. The molecule has 0 spiro atoms. The summed E-state index contributed by atoms with van der Waals surface area (Å²) in [5.41, 5.74) is -0.879. The van der Waals surface area contributed by atoms with Crippen LogP contribution < -0.4 is 10.6 Å². The highest BCUT2D eigenvalue weighted by Crippen LogP contribution is 2.24. The lowest BCUT2D eigenvalue weighted by molar-refractivity contribution is -0.168. The molecule has 4 rings (SSSR count). The van der Waals surface area contributed by atoms with Crippen LogP contribution in [0.1, 0.15) is 69.6 Å². The summed E-state index contributed by atoms with van der Waals surface area (Å²) in [6, 6.07) is 1.71. The lowest BCUT2D eigenvalue weighted by atomic mass is 9.93. The zero-order valence-corrected chi connectivity index (χ0v) is 26.5. The Labute approximate surface area is 267 Å². The van der Waals surface area contributed by atoms with Crippen molar-refractivity contribution in [3.05, 3.63) is 65.0 Å². The van der Waals surface area contributed by atoms with Gasteiger partial charge in [0, 0.05) is 42.9 Å². The predicted octanol–water partition coefficient (Wildman–Crippen LogP) is 4.79. The van der Waals surface area contributed by atoms with Crippen LogP contribution in [0.15, 0.2) is 41.8 Å². The zero-order chi connectivity index (χ0) is 33.4. The van der Waals surface area contributed by atoms with Gasteiger partial charge in [-0.2, -0.15) is 14.2 Å². The Morgan fingerprint density at radius 3 is 2.57 bits per heavy atom. The third-order valence-electron chi connectivity index (χ3n) is 6.88. The van der Waals surface area contributed by atoms with Gasteiger partial charge in [0.15, 0.2) is 5.82 Å². The molecule has 46 heavy (non-hydrogen) atoms. The topological polar surface area (TPSA) is 170 Å². The van der Waals surface area contributed by atoms with Crippen LogP contribution in [0, 0.1) is 23.1 Å².